The predicted molar refractivity (Wildman–Crippen MR) is 111 cm³/mol. The average molecular weight is 386 g/mol. The molecule has 4 rings (SSSR count). The maximum Gasteiger partial charge on any atom is 0.273 e. The molecule has 3 aromatic carbocycles. The summed E-state index contributed by atoms with van der Waals surface area (Å²) in [6.45, 7) is 2.13. The molecule has 0 aliphatic heterocycles. The van der Waals surface area contributed by atoms with E-state index in [0.29, 0.717) is 17.8 Å². The topological polar surface area (TPSA) is 90.1 Å². The second-order valence-electron chi connectivity index (χ2n) is 6.73. The number of nitrogens with zero attached hydrogens (tertiary/aromatic N) is 3. The SMILES string of the molecule is Cc1c(C(=O)Nc2cnn(Cc3cccc4ccccc34)c2)cccc1[N+](=O)[O-]. The van der Waals surface area contributed by atoms with Crippen molar-refractivity contribution in [1.82, 2.24) is 9.78 Å². The number of carbonyl (C=O) groups excluding carboxylic acids is 1. The number of nitrogens with one attached hydrogen (secondary N) is 1. The summed E-state index contributed by atoms with van der Waals surface area (Å²) >= 11 is 0. The fourth-order valence-corrected chi connectivity index (χ4v) is 3.39. The van der Waals surface area contributed by atoms with E-state index in [1.807, 2.05) is 18.2 Å². The van der Waals surface area contributed by atoms with Crippen LogP contribution in [0.3, 0.4) is 0 Å². The molecule has 0 aliphatic carbocycles. The Bertz CT molecular complexity index is 1220. The second kappa shape index (κ2) is 7.55. The first-order valence-electron chi connectivity index (χ1n) is 9.07. The van der Waals surface area contributed by atoms with Crippen LogP contribution in [0.1, 0.15) is 21.5 Å². The Morgan fingerprint density at radius 2 is 1.86 bits per heavy atom. The van der Waals surface area contributed by atoms with Gasteiger partial charge < -0.3 is 5.32 Å². The van der Waals surface area contributed by atoms with E-state index in [1.54, 1.807) is 30.1 Å². The van der Waals surface area contributed by atoms with E-state index in [-0.39, 0.29) is 11.3 Å². The lowest BCUT2D eigenvalue weighted by molar-refractivity contribution is -0.385. The molecule has 29 heavy (non-hydrogen) atoms. The average Bonchev–Trinajstić information content (AvgIpc) is 3.15. The molecule has 0 radical (unpaired) electrons. The Kier molecular flexibility index (Phi) is 4.78. The zero-order chi connectivity index (χ0) is 20.4. The van der Waals surface area contributed by atoms with Crippen LogP contribution in [0.2, 0.25) is 0 Å². The Morgan fingerprint density at radius 3 is 2.69 bits per heavy atom. The lowest BCUT2D eigenvalue weighted by atomic mass is 10.0. The number of aromatic nitrogens is 2. The van der Waals surface area contributed by atoms with Crippen molar-refractivity contribution in [3.05, 3.63) is 99.9 Å². The minimum Gasteiger partial charge on any atom is -0.319 e. The van der Waals surface area contributed by atoms with Gasteiger partial charge in [0, 0.05) is 23.4 Å². The van der Waals surface area contributed by atoms with Crippen LogP contribution in [0.15, 0.2) is 73.1 Å². The molecule has 1 heterocycles. The predicted octanol–water partition coefficient (Wildman–Crippen LogP) is 4.55. The molecule has 1 amide bonds. The van der Waals surface area contributed by atoms with Crippen LogP contribution in [-0.4, -0.2) is 20.6 Å². The van der Waals surface area contributed by atoms with Crippen molar-refractivity contribution >= 4 is 28.1 Å². The Labute approximate surface area is 166 Å². The molecule has 0 spiro atoms. The highest BCUT2D eigenvalue weighted by Crippen LogP contribution is 2.23. The van der Waals surface area contributed by atoms with Gasteiger partial charge in [0.15, 0.2) is 0 Å². The van der Waals surface area contributed by atoms with Crippen LogP contribution in [0, 0.1) is 17.0 Å². The van der Waals surface area contributed by atoms with Crippen molar-refractivity contribution in [2.45, 2.75) is 13.5 Å². The lowest BCUT2D eigenvalue weighted by Gasteiger charge is -2.07. The highest BCUT2D eigenvalue weighted by atomic mass is 16.6. The van der Waals surface area contributed by atoms with Crippen LogP contribution in [-0.2, 0) is 6.54 Å². The van der Waals surface area contributed by atoms with E-state index in [9.17, 15) is 14.9 Å². The van der Waals surface area contributed by atoms with Gasteiger partial charge in [-0.25, -0.2) is 0 Å². The summed E-state index contributed by atoms with van der Waals surface area (Å²) in [7, 11) is 0. The van der Waals surface area contributed by atoms with E-state index < -0.39 is 10.8 Å². The molecule has 7 heteroatoms. The molecule has 0 aliphatic rings. The van der Waals surface area contributed by atoms with E-state index in [2.05, 4.69) is 34.7 Å². The number of benzene rings is 3. The number of rotatable bonds is 5. The smallest absolute Gasteiger partial charge is 0.273 e. The number of nitro benzene ring substituents is 1. The zero-order valence-electron chi connectivity index (χ0n) is 15.7. The van der Waals surface area contributed by atoms with Crippen molar-refractivity contribution in [3.8, 4) is 0 Å². The molecule has 0 bridgehead atoms. The van der Waals surface area contributed by atoms with E-state index in [1.165, 1.54) is 12.1 Å². The highest BCUT2D eigenvalue weighted by molar-refractivity contribution is 6.05. The number of hydrogen-bond acceptors (Lipinski definition) is 4. The number of fused-ring (bicyclic) bond motifs is 1. The van der Waals surface area contributed by atoms with Gasteiger partial charge in [-0.1, -0.05) is 48.5 Å². The normalized spacial score (nSPS) is 10.8. The summed E-state index contributed by atoms with van der Waals surface area (Å²) in [6.07, 6.45) is 3.31. The summed E-state index contributed by atoms with van der Waals surface area (Å²) < 4.78 is 1.75. The summed E-state index contributed by atoms with van der Waals surface area (Å²) in [5, 5.41) is 20.5. The van der Waals surface area contributed by atoms with Crippen LogP contribution in [0.25, 0.3) is 10.8 Å². The van der Waals surface area contributed by atoms with Crippen LogP contribution in [0.5, 0.6) is 0 Å². The Balaban J connectivity index is 1.53. The molecule has 0 atom stereocenters. The highest BCUT2D eigenvalue weighted by Gasteiger charge is 2.18. The van der Waals surface area contributed by atoms with Crippen molar-refractivity contribution in [1.29, 1.82) is 0 Å². The molecule has 4 aromatic rings. The molecular weight excluding hydrogens is 368 g/mol. The van der Waals surface area contributed by atoms with Gasteiger partial charge in [-0.15, -0.1) is 0 Å². The Morgan fingerprint density at radius 1 is 1.10 bits per heavy atom. The van der Waals surface area contributed by atoms with Gasteiger partial charge in [-0.05, 0) is 29.3 Å². The summed E-state index contributed by atoms with van der Waals surface area (Å²) in [6, 6.07) is 18.7. The van der Waals surface area contributed by atoms with Crippen molar-refractivity contribution in [3.63, 3.8) is 0 Å². The molecular formula is C22H18N4O3. The number of amides is 1. The maximum absolute atomic E-state index is 12.6. The zero-order valence-corrected chi connectivity index (χ0v) is 15.7. The fraction of sp³-hybridized carbons (Fsp3) is 0.0909. The first-order valence-corrected chi connectivity index (χ1v) is 9.07. The third kappa shape index (κ3) is 3.70. The van der Waals surface area contributed by atoms with Gasteiger partial charge in [0.2, 0.25) is 0 Å². The molecule has 7 nitrogen and oxygen atoms in total. The number of carbonyl (C=O) groups is 1. The minimum absolute atomic E-state index is 0.0794. The monoisotopic (exact) mass is 386 g/mol. The van der Waals surface area contributed by atoms with Gasteiger partial charge in [0.1, 0.15) is 0 Å². The number of hydrogen-bond donors (Lipinski definition) is 1. The molecule has 0 saturated carbocycles. The largest absolute Gasteiger partial charge is 0.319 e. The molecule has 0 unspecified atom stereocenters. The van der Waals surface area contributed by atoms with Crippen molar-refractivity contribution in [2.24, 2.45) is 0 Å². The van der Waals surface area contributed by atoms with Crippen LogP contribution in [0.4, 0.5) is 11.4 Å². The summed E-state index contributed by atoms with van der Waals surface area (Å²) in [5.74, 6) is -0.407. The molecule has 0 saturated heterocycles. The van der Waals surface area contributed by atoms with E-state index >= 15 is 0 Å². The second-order valence-corrected chi connectivity index (χ2v) is 6.73. The van der Waals surface area contributed by atoms with Gasteiger partial charge in [0.05, 0.1) is 23.4 Å². The molecule has 0 fully saturated rings. The third-order valence-corrected chi connectivity index (χ3v) is 4.85. The van der Waals surface area contributed by atoms with Crippen molar-refractivity contribution < 1.29 is 9.72 Å². The standard InChI is InChI=1S/C22H18N4O3/c1-15-19(10-5-11-21(15)26(28)29)22(27)24-18-12-23-25(14-18)13-17-8-4-7-16-6-2-3-9-20(16)17/h2-12,14H,13H2,1H3,(H,24,27). The van der Waals surface area contributed by atoms with Gasteiger partial charge >= 0.3 is 0 Å². The quantitative estimate of drug-likeness (QED) is 0.402. The molecule has 144 valence electrons. The minimum atomic E-state index is -0.492. The maximum atomic E-state index is 12.6. The fourth-order valence-electron chi connectivity index (χ4n) is 3.39. The summed E-state index contributed by atoms with van der Waals surface area (Å²) in [5.41, 5.74) is 2.17. The van der Waals surface area contributed by atoms with Gasteiger partial charge in [0.25, 0.3) is 11.6 Å². The van der Waals surface area contributed by atoms with Crippen LogP contribution >= 0.6 is 0 Å². The number of anilines is 1. The van der Waals surface area contributed by atoms with E-state index in [4.69, 9.17) is 0 Å². The first kappa shape index (κ1) is 18.4. The molecule has 1 aromatic heterocycles. The number of nitro groups is 1. The van der Waals surface area contributed by atoms with E-state index in [0.717, 1.165) is 16.3 Å². The van der Waals surface area contributed by atoms with Gasteiger partial charge in [-0.3, -0.25) is 19.6 Å². The van der Waals surface area contributed by atoms with Crippen molar-refractivity contribution in [2.75, 3.05) is 5.32 Å². The lowest BCUT2D eigenvalue weighted by Crippen LogP contribution is -2.13. The third-order valence-electron chi connectivity index (χ3n) is 4.85. The first-order chi connectivity index (χ1) is 14.0. The Hall–Kier alpha value is -4.00. The van der Waals surface area contributed by atoms with Gasteiger partial charge in [-0.2, -0.15) is 5.10 Å². The summed E-state index contributed by atoms with van der Waals surface area (Å²) in [4.78, 5) is 23.2. The van der Waals surface area contributed by atoms with Crippen LogP contribution < -0.4 is 5.32 Å². The molecule has 1 N–H and O–H groups in total.